The van der Waals surface area contributed by atoms with Gasteiger partial charge < -0.3 is 10.2 Å². The van der Waals surface area contributed by atoms with Gasteiger partial charge in [0.05, 0.1) is 6.20 Å². The molecule has 3 nitrogen and oxygen atoms in total. The molecule has 0 radical (unpaired) electrons. The molecular formula is C15H22FN3. The molecule has 0 bridgehead atoms. The first-order valence-electron chi connectivity index (χ1n) is 6.96. The van der Waals surface area contributed by atoms with Gasteiger partial charge in [-0.05, 0) is 32.4 Å². The highest BCUT2D eigenvalue weighted by atomic mass is 19.1. The fourth-order valence-electron chi connectivity index (χ4n) is 2.25. The van der Waals surface area contributed by atoms with E-state index in [1.54, 1.807) is 6.07 Å². The largest absolute Gasteiger partial charge is 0.352 e. The second-order valence-electron chi connectivity index (χ2n) is 5.06. The Morgan fingerprint density at radius 1 is 1.47 bits per heavy atom. The first kappa shape index (κ1) is 14.0. The molecule has 1 aliphatic heterocycles. The van der Waals surface area contributed by atoms with E-state index in [2.05, 4.69) is 35.1 Å². The van der Waals surface area contributed by atoms with Crippen LogP contribution in [0.3, 0.4) is 0 Å². The molecule has 4 heteroatoms. The van der Waals surface area contributed by atoms with Crippen LogP contribution in [-0.2, 0) is 6.54 Å². The molecule has 0 saturated carbocycles. The molecule has 1 aliphatic rings. The molecule has 0 fully saturated rings. The van der Waals surface area contributed by atoms with Crippen molar-refractivity contribution in [1.82, 2.24) is 10.3 Å². The highest BCUT2D eigenvalue weighted by Crippen LogP contribution is 2.22. The zero-order chi connectivity index (χ0) is 13.7. The lowest BCUT2D eigenvalue weighted by atomic mass is 10.1. The zero-order valence-corrected chi connectivity index (χ0v) is 11.7. The Morgan fingerprint density at radius 2 is 2.32 bits per heavy atom. The van der Waals surface area contributed by atoms with Crippen LogP contribution in [0.2, 0.25) is 0 Å². The number of aromatic nitrogens is 1. The summed E-state index contributed by atoms with van der Waals surface area (Å²) in [4.78, 5) is 6.50. The van der Waals surface area contributed by atoms with Gasteiger partial charge in [-0.25, -0.2) is 9.37 Å². The Labute approximate surface area is 114 Å². The van der Waals surface area contributed by atoms with Gasteiger partial charge in [0.25, 0.3) is 0 Å². The molecule has 0 aliphatic carbocycles. The molecule has 19 heavy (non-hydrogen) atoms. The van der Waals surface area contributed by atoms with Crippen LogP contribution in [0.1, 0.15) is 32.3 Å². The van der Waals surface area contributed by atoms with Crippen molar-refractivity contribution in [3.8, 4) is 0 Å². The number of anilines is 1. The van der Waals surface area contributed by atoms with Crippen molar-refractivity contribution in [2.45, 2.75) is 33.2 Å². The highest BCUT2D eigenvalue weighted by molar-refractivity contribution is 5.48. The Morgan fingerprint density at radius 3 is 3.00 bits per heavy atom. The normalized spacial score (nSPS) is 15.5. The number of hydrogen-bond acceptors (Lipinski definition) is 3. The summed E-state index contributed by atoms with van der Waals surface area (Å²) < 4.78 is 13.4. The van der Waals surface area contributed by atoms with Gasteiger partial charge in [-0.15, -0.1) is 0 Å². The maximum Gasteiger partial charge on any atom is 0.141 e. The second-order valence-corrected chi connectivity index (χ2v) is 5.06. The average molecular weight is 263 g/mol. The number of pyridine rings is 1. The lowest BCUT2D eigenvalue weighted by molar-refractivity contribution is 0.609. The molecule has 1 aromatic heterocycles. The minimum atomic E-state index is -0.263. The summed E-state index contributed by atoms with van der Waals surface area (Å²) in [6, 6.07) is 1.59. The average Bonchev–Trinajstić information content (AvgIpc) is 2.41. The third-order valence-electron chi connectivity index (χ3n) is 3.39. The highest BCUT2D eigenvalue weighted by Gasteiger charge is 2.15. The molecule has 0 atom stereocenters. The number of nitrogens with one attached hydrogen (secondary N) is 1. The van der Waals surface area contributed by atoms with Gasteiger partial charge in [-0.2, -0.15) is 0 Å². The molecule has 1 N–H and O–H groups in total. The molecule has 2 rings (SSSR count). The van der Waals surface area contributed by atoms with Crippen LogP contribution in [0.5, 0.6) is 0 Å². The van der Waals surface area contributed by atoms with Crippen molar-refractivity contribution in [1.29, 1.82) is 0 Å². The maximum absolute atomic E-state index is 13.4. The van der Waals surface area contributed by atoms with E-state index in [0.29, 0.717) is 6.54 Å². The van der Waals surface area contributed by atoms with Gasteiger partial charge >= 0.3 is 0 Å². The first-order valence-corrected chi connectivity index (χ1v) is 6.96. The number of hydrogen-bond donors (Lipinski definition) is 1. The Bertz CT molecular complexity index is 457. The van der Waals surface area contributed by atoms with Crippen molar-refractivity contribution < 1.29 is 4.39 Å². The van der Waals surface area contributed by atoms with Crippen molar-refractivity contribution in [3.63, 3.8) is 0 Å². The second kappa shape index (κ2) is 6.66. The van der Waals surface area contributed by atoms with Gasteiger partial charge in [0.2, 0.25) is 0 Å². The Kier molecular flexibility index (Phi) is 4.91. The van der Waals surface area contributed by atoms with Crippen LogP contribution in [-0.4, -0.2) is 24.6 Å². The fraction of sp³-hybridized carbons (Fsp3) is 0.533. The van der Waals surface area contributed by atoms with E-state index < -0.39 is 0 Å². The van der Waals surface area contributed by atoms with E-state index >= 15 is 0 Å². The third-order valence-corrected chi connectivity index (χ3v) is 3.39. The van der Waals surface area contributed by atoms with Gasteiger partial charge in [0.1, 0.15) is 11.6 Å². The standard InChI is InChI=1S/C15H22FN3/c1-3-6-17-10-13-9-14(16)11-18-15(13)19-7-4-12(2)5-8-19/h4,9,11,17H,3,5-8,10H2,1-2H3. The molecule has 0 spiro atoms. The SMILES string of the molecule is CCCNCc1cc(F)cnc1N1CC=C(C)CC1. The molecule has 0 aromatic carbocycles. The summed E-state index contributed by atoms with van der Waals surface area (Å²) in [5, 5.41) is 3.32. The van der Waals surface area contributed by atoms with Gasteiger partial charge in [0.15, 0.2) is 0 Å². The van der Waals surface area contributed by atoms with Crippen LogP contribution in [0, 0.1) is 5.82 Å². The monoisotopic (exact) mass is 263 g/mol. The maximum atomic E-state index is 13.4. The molecule has 1 aromatic rings. The first-order chi connectivity index (χ1) is 9.20. The van der Waals surface area contributed by atoms with Crippen molar-refractivity contribution >= 4 is 5.82 Å². The van der Waals surface area contributed by atoms with Gasteiger partial charge in [-0.3, -0.25) is 0 Å². The predicted molar refractivity (Wildman–Crippen MR) is 76.8 cm³/mol. The lowest BCUT2D eigenvalue weighted by Crippen LogP contribution is -2.30. The van der Waals surface area contributed by atoms with E-state index in [-0.39, 0.29) is 5.82 Å². The van der Waals surface area contributed by atoms with Crippen LogP contribution in [0.4, 0.5) is 10.2 Å². The summed E-state index contributed by atoms with van der Waals surface area (Å²) in [6.45, 7) is 7.71. The zero-order valence-electron chi connectivity index (χ0n) is 11.7. The number of halogens is 1. The van der Waals surface area contributed by atoms with Crippen LogP contribution in [0.25, 0.3) is 0 Å². The van der Waals surface area contributed by atoms with Crippen LogP contribution >= 0.6 is 0 Å². The summed E-state index contributed by atoms with van der Waals surface area (Å²) >= 11 is 0. The van der Waals surface area contributed by atoms with E-state index in [0.717, 1.165) is 43.9 Å². The summed E-state index contributed by atoms with van der Waals surface area (Å²) in [6.07, 6.45) is 5.66. The topological polar surface area (TPSA) is 28.2 Å². The van der Waals surface area contributed by atoms with Crippen LogP contribution < -0.4 is 10.2 Å². The van der Waals surface area contributed by atoms with Crippen molar-refractivity contribution in [3.05, 3.63) is 35.3 Å². The van der Waals surface area contributed by atoms with Crippen molar-refractivity contribution in [2.24, 2.45) is 0 Å². The minimum absolute atomic E-state index is 0.263. The summed E-state index contributed by atoms with van der Waals surface area (Å²) in [7, 11) is 0. The Balaban J connectivity index is 2.14. The van der Waals surface area contributed by atoms with E-state index in [4.69, 9.17) is 0 Å². The molecule has 0 saturated heterocycles. The molecule has 0 unspecified atom stereocenters. The van der Waals surface area contributed by atoms with Crippen molar-refractivity contribution in [2.75, 3.05) is 24.5 Å². The quantitative estimate of drug-likeness (QED) is 0.654. The summed E-state index contributed by atoms with van der Waals surface area (Å²) in [5.41, 5.74) is 2.37. The van der Waals surface area contributed by atoms with Crippen LogP contribution in [0.15, 0.2) is 23.9 Å². The molecule has 104 valence electrons. The number of nitrogens with zero attached hydrogens (tertiary/aromatic N) is 2. The van der Waals surface area contributed by atoms with Gasteiger partial charge in [0, 0.05) is 25.2 Å². The Hall–Kier alpha value is -1.42. The predicted octanol–water partition coefficient (Wildman–Crippen LogP) is 2.88. The minimum Gasteiger partial charge on any atom is -0.352 e. The molecule has 2 heterocycles. The van der Waals surface area contributed by atoms with E-state index in [1.165, 1.54) is 11.8 Å². The van der Waals surface area contributed by atoms with E-state index in [1.807, 2.05) is 0 Å². The lowest BCUT2D eigenvalue weighted by Gasteiger charge is -2.28. The number of rotatable bonds is 5. The molecular weight excluding hydrogens is 241 g/mol. The summed E-state index contributed by atoms with van der Waals surface area (Å²) in [5.74, 6) is 0.648. The third kappa shape index (κ3) is 3.77. The molecule has 0 amide bonds. The smallest absolute Gasteiger partial charge is 0.141 e. The van der Waals surface area contributed by atoms with E-state index in [9.17, 15) is 4.39 Å². The fourth-order valence-corrected chi connectivity index (χ4v) is 2.25. The van der Waals surface area contributed by atoms with Gasteiger partial charge in [-0.1, -0.05) is 18.6 Å².